The fraction of sp³-hybridized carbons (Fsp3) is 0.294. The fourth-order valence-corrected chi connectivity index (χ4v) is 3.05. The van der Waals surface area contributed by atoms with Crippen molar-refractivity contribution in [3.8, 4) is 10.6 Å². The Morgan fingerprint density at radius 3 is 2.12 bits per heavy atom. The Morgan fingerprint density at radius 2 is 1.64 bits per heavy atom. The van der Waals surface area contributed by atoms with Crippen molar-refractivity contribution >= 4 is 29.1 Å². The number of hydrogen-bond donors (Lipinski definition) is 2. The van der Waals surface area contributed by atoms with Gasteiger partial charge < -0.3 is 16.4 Å². The molecule has 1 aromatic heterocycles. The van der Waals surface area contributed by atoms with Crippen LogP contribution in [0.3, 0.4) is 0 Å². The predicted octanol–water partition coefficient (Wildman–Crippen LogP) is 1.35. The zero-order valence-electron chi connectivity index (χ0n) is 14.1. The molecule has 7 nitrogen and oxygen atoms in total. The molecule has 0 aliphatic rings. The first-order valence-corrected chi connectivity index (χ1v) is 8.57. The van der Waals surface area contributed by atoms with Crippen LogP contribution in [0.15, 0.2) is 29.6 Å². The van der Waals surface area contributed by atoms with Crippen molar-refractivity contribution in [1.82, 2.24) is 9.88 Å². The molecule has 0 spiro atoms. The SMILES string of the molecule is CC(C)c1ccc(-c2nc(C(=O)N(CC(N)=O)CC(N)=O)cs2)cc1. The summed E-state index contributed by atoms with van der Waals surface area (Å²) in [5, 5.41) is 2.26. The van der Waals surface area contributed by atoms with Crippen molar-refractivity contribution in [2.24, 2.45) is 11.5 Å². The first-order chi connectivity index (χ1) is 11.8. The zero-order chi connectivity index (χ0) is 18.6. The number of carbonyl (C=O) groups is 3. The maximum atomic E-state index is 12.5. The van der Waals surface area contributed by atoms with E-state index in [2.05, 4.69) is 18.8 Å². The highest BCUT2D eigenvalue weighted by Crippen LogP contribution is 2.26. The van der Waals surface area contributed by atoms with Crippen LogP contribution in [0.2, 0.25) is 0 Å². The second-order valence-corrected chi connectivity index (χ2v) is 6.77. The molecule has 4 N–H and O–H groups in total. The molecule has 0 bridgehead atoms. The minimum Gasteiger partial charge on any atom is -0.368 e. The van der Waals surface area contributed by atoms with Crippen molar-refractivity contribution in [1.29, 1.82) is 0 Å². The van der Waals surface area contributed by atoms with E-state index in [1.165, 1.54) is 16.9 Å². The number of nitrogens with two attached hydrogens (primary N) is 2. The minimum absolute atomic E-state index is 0.149. The van der Waals surface area contributed by atoms with Gasteiger partial charge in [0.25, 0.3) is 5.91 Å². The molecule has 0 aliphatic heterocycles. The Balaban J connectivity index is 2.21. The Morgan fingerprint density at radius 1 is 1.08 bits per heavy atom. The lowest BCUT2D eigenvalue weighted by molar-refractivity contribution is -0.121. The second-order valence-electron chi connectivity index (χ2n) is 5.91. The molecule has 1 aromatic carbocycles. The van der Waals surface area contributed by atoms with Crippen molar-refractivity contribution in [3.05, 3.63) is 40.9 Å². The number of aromatic nitrogens is 1. The standard InChI is InChI=1S/C17H20N4O3S/c1-10(2)11-3-5-12(6-4-11)16-20-13(9-25-16)17(24)21(7-14(18)22)8-15(19)23/h3-6,9-10H,7-8H2,1-2H3,(H2,18,22)(H2,19,23). The van der Waals surface area contributed by atoms with E-state index >= 15 is 0 Å². The van der Waals surface area contributed by atoms with Gasteiger partial charge in [0.2, 0.25) is 11.8 Å². The predicted molar refractivity (Wildman–Crippen MR) is 95.9 cm³/mol. The maximum Gasteiger partial charge on any atom is 0.274 e. The number of thiazole rings is 1. The monoisotopic (exact) mass is 360 g/mol. The van der Waals surface area contributed by atoms with E-state index in [1.54, 1.807) is 5.38 Å². The Hall–Kier alpha value is -2.74. The van der Waals surface area contributed by atoms with Gasteiger partial charge in [0, 0.05) is 10.9 Å². The third-order valence-corrected chi connectivity index (χ3v) is 4.42. The van der Waals surface area contributed by atoms with Gasteiger partial charge in [-0.1, -0.05) is 38.1 Å². The number of benzene rings is 1. The van der Waals surface area contributed by atoms with Gasteiger partial charge in [-0.2, -0.15) is 0 Å². The van der Waals surface area contributed by atoms with Gasteiger partial charge in [0.1, 0.15) is 23.8 Å². The van der Waals surface area contributed by atoms with E-state index in [4.69, 9.17) is 11.5 Å². The topological polar surface area (TPSA) is 119 Å². The summed E-state index contributed by atoms with van der Waals surface area (Å²) in [6.45, 7) is 3.44. The molecule has 2 rings (SSSR count). The molecule has 0 radical (unpaired) electrons. The molecule has 8 heteroatoms. The van der Waals surface area contributed by atoms with E-state index in [0.29, 0.717) is 10.9 Å². The summed E-state index contributed by atoms with van der Waals surface area (Å²) in [7, 11) is 0. The lowest BCUT2D eigenvalue weighted by Gasteiger charge is -2.17. The zero-order valence-corrected chi connectivity index (χ0v) is 14.9. The van der Waals surface area contributed by atoms with E-state index < -0.39 is 30.8 Å². The van der Waals surface area contributed by atoms with Gasteiger partial charge in [0.15, 0.2) is 0 Å². The summed E-state index contributed by atoms with van der Waals surface area (Å²) < 4.78 is 0. The van der Waals surface area contributed by atoms with E-state index in [-0.39, 0.29) is 5.69 Å². The molecule has 2 aromatic rings. The number of hydrogen-bond acceptors (Lipinski definition) is 5. The van der Waals surface area contributed by atoms with Crippen LogP contribution < -0.4 is 11.5 Å². The maximum absolute atomic E-state index is 12.5. The largest absolute Gasteiger partial charge is 0.368 e. The highest BCUT2D eigenvalue weighted by atomic mass is 32.1. The molecule has 0 atom stereocenters. The van der Waals surface area contributed by atoms with Gasteiger partial charge in [-0.3, -0.25) is 14.4 Å². The molecule has 0 aliphatic carbocycles. The van der Waals surface area contributed by atoms with Gasteiger partial charge in [0.05, 0.1) is 0 Å². The third kappa shape index (κ3) is 4.87. The Bertz CT molecular complexity index is 767. The van der Waals surface area contributed by atoms with Crippen molar-refractivity contribution in [2.75, 3.05) is 13.1 Å². The van der Waals surface area contributed by atoms with E-state index in [0.717, 1.165) is 10.5 Å². The summed E-state index contributed by atoms with van der Waals surface area (Å²) in [6, 6.07) is 7.95. The van der Waals surface area contributed by atoms with Crippen LogP contribution in [0.4, 0.5) is 0 Å². The highest BCUT2D eigenvalue weighted by molar-refractivity contribution is 7.13. The quantitative estimate of drug-likeness (QED) is 0.774. The van der Waals surface area contributed by atoms with Crippen LogP contribution in [-0.2, 0) is 9.59 Å². The van der Waals surface area contributed by atoms with Gasteiger partial charge >= 0.3 is 0 Å². The van der Waals surface area contributed by atoms with Gasteiger partial charge in [-0.05, 0) is 11.5 Å². The highest BCUT2D eigenvalue weighted by Gasteiger charge is 2.22. The average Bonchev–Trinajstić information content (AvgIpc) is 3.02. The molecule has 25 heavy (non-hydrogen) atoms. The van der Waals surface area contributed by atoms with E-state index in [9.17, 15) is 14.4 Å². The number of rotatable bonds is 7. The molecular weight excluding hydrogens is 340 g/mol. The number of amides is 3. The molecule has 0 fully saturated rings. The lowest BCUT2D eigenvalue weighted by atomic mass is 10.0. The van der Waals surface area contributed by atoms with Crippen LogP contribution in [-0.4, -0.2) is 40.7 Å². The van der Waals surface area contributed by atoms with Crippen molar-refractivity contribution in [3.63, 3.8) is 0 Å². The first-order valence-electron chi connectivity index (χ1n) is 7.69. The van der Waals surface area contributed by atoms with Crippen molar-refractivity contribution < 1.29 is 14.4 Å². The number of primary amides is 2. The van der Waals surface area contributed by atoms with Crippen LogP contribution in [0.5, 0.6) is 0 Å². The van der Waals surface area contributed by atoms with Crippen LogP contribution in [0.25, 0.3) is 10.6 Å². The summed E-state index contributed by atoms with van der Waals surface area (Å²) in [5.74, 6) is -1.58. The van der Waals surface area contributed by atoms with Crippen LogP contribution >= 0.6 is 11.3 Å². The summed E-state index contributed by atoms with van der Waals surface area (Å²) >= 11 is 1.31. The minimum atomic E-state index is -0.727. The molecule has 132 valence electrons. The van der Waals surface area contributed by atoms with E-state index in [1.807, 2.05) is 24.3 Å². The third-order valence-electron chi connectivity index (χ3n) is 3.53. The van der Waals surface area contributed by atoms with Crippen LogP contribution in [0, 0.1) is 0 Å². The summed E-state index contributed by atoms with van der Waals surface area (Å²) in [6.07, 6.45) is 0. The fourth-order valence-electron chi connectivity index (χ4n) is 2.25. The molecule has 3 amide bonds. The summed E-state index contributed by atoms with van der Waals surface area (Å²) in [4.78, 5) is 40.0. The smallest absolute Gasteiger partial charge is 0.274 e. The Labute approximate surface area is 149 Å². The van der Waals surface area contributed by atoms with Gasteiger partial charge in [-0.15, -0.1) is 11.3 Å². The summed E-state index contributed by atoms with van der Waals surface area (Å²) in [5.41, 5.74) is 12.5. The molecular formula is C17H20N4O3S. The number of nitrogens with zero attached hydrogens (tertiary/aromatic N) is 2. The average molecular weight is 360 g/mol. The molecule has 1 heterocycles. The van der Waals surface area contributed by atoms with Crippen LogP contribution in [0.1, 0.15) is 35.8 Å². The normalized spacial score (nSPS) is 10.7. The first kappa shape index (κ1) is 18.6. The van der Waals surface area contributed by atoms with Gasteiger partial charge in [-0.25, -0.2) is 4.98 Å². The van der Waals surface area contributed by atoms with Crippen molar-refractivity contribution in [2.45, 2.75) is 19.8 Å². The number of carbonyl (C=O) groups excluding carboxylic acids is 3. The molecule has 0 saturated heterocycles. The lowest BCUT2D eigenvalue weighted by Crippen LogP contribution is -2.43. The molecule has 0 saturated carbocycles. The molecule has 0 unspecified atom stereocenters. The second kappa shape index (κ2) is 7.89. The Kier molecular flexibility index (Phi) is 5.87.